The number of nitrogen functional groups attached to an aromatic ring is 1. The minimum absolute atomic E-state index is 0.0313. The first kappa shape index (κ1) is 17.1. The van der Waals surface area contributed by atoms with Crippen molar-refractivity contribution in [1.82, 2.24) is 14.9 Å². The lowest BCUT2D eigenvalue weighted by Gasteiger charge is -2.35. The van der Waals surface area contributed by atoms with Crippen LogP contribution in [0.3, 0.4) is 0 Å². The lowest BCUT2D eigenvalue weighted by Crippen LogP contribution is -2.49. The summed E-state index contributed by atoms with van der Waals surface area (Å²) in [6, 6.07) is 0. The highest BCUT2D eigenvalue weighted by Crippen LogP contribution is 2.26. The summed E-state index contributed by atoms with van der Waals surface area (Å²) in [7, 11) is 1.77. The van der Waals surface area contributed by atoms with Gasteiger partial charge in [-0.25, -0.2) is 14.8 Å². The van der Waals surface area contributed by atoms with E-state index in [0.717, 1.165) is 0 Å². The molecule has 1 fully saturated rings. The van der Waals surface area contributed by atoms with Crippen molar-refractivity contribution in [3.63, 3.8) is 0 Å². The molecule has 1 aromatic heterocycles. The van der Waals surface area contributed by atoms with Gasteiger partial charge in [0.1, 0.15) is 12.0 Å². The number of ether oxygens (including phenoxy) is 1. The molecule has 8 heteroatoms. The summed E-state index contributed by atoms with van der Waals surface area (Å²) >= 11 is 0. The SMILES string of the molecule is CNc1ncnc(N2CCN(C(=O)OCC(C)(C)C)CC2)c1N. The van der Waals surface area contributed by atoms with Crippen molar-refractivity contribution in [1.29, 1.82) is 0 Å². The van der Waals surface area contributed by atoms with Crippen LogP contribution in [0.1, 0.15) is 20.8 Å². The average molecular weight is 322 g/mol. The van der Waals surface area contributed by atoms with Crippen LogP contribution in [0.25, 0.3) is 0 Å². The number of nitrogens with zero attached hydrogens (tertiary/aromatic N) is 4. The van der Waals surface area contributed by atoms with Crippen molar-refractivity contribution in [2.75, 3.05) is 55.8 Å². The van der Waals surface area contributed by atoms with Gasteiger partial charge in [0, 0.05) is 33.2 Å². The third kappa shape index (κ3) is 4.37. The van der Waals surface area contributed by atoms with Gasteiger partial charge in [0.25, 0.3) is 0 Å². The predicted octanol–water partition coefficient (Wildman–Crippen LogP) is 1.41. The Bertz CT molecular complexity index is 549. The molecule has 0 aliphatic carbocycles. The van der Waals surface area contributed by atoms with E-state index < -0.39 is 0 Å². The van der Waals surface area contributed by atoms with Crippen molar-refractivity contribution < 1.29 is 9.53 Å². The Hall–Kier alpha value is -2.25. The van der Waals surface area contributed by atoms with E-state index in [1.165, 1.54) is 6.33 Å². The molecule has 23 heavy (non-hydrogen) atoms. The van der Waals surface area contributed by atoms with Gasteiger partial charge in [0.05, 0.1) is 6.61 Å². The molecule has 0 unspecified atom stereocenters. The van der Waals surface area contributed by atoms with Crippen molar-refractivity contribution in [3.8, 4) is 0 Å². The Kier molecular flexibility index (Phi) is 5.12. The summed E-state index contributed by atoms with van der Waals surface area (Å²) in [5, 5.41) is 2.95. The van der Waals surface area contributed by atoms with Crippen LogP contribution in [0.2, 0.25) is 0 Å². The van der Waals surface area contributed by atoms with Crippen LogP contribution in [0, 0.1) is 5.41 Å². The molecule has 0 bridgehead atoms. The molecule has 2 rings (SSSR count). The van der Waals surface area contributed by atoms with Gasteiger partial charge in [-0.3, -0.25) is 0 Å². The Morgan fingerprint density at radius 3 is 2.52 bits per heavy atom. The van der Waals surface area contributed by atoms with Gasteiger partial charge in [-0.2, -0.15) is 0 Å². The molecule has 0 atom stereocenters. The monoisotopic (exact) mass is 322 g/mol. The van der Waals surface area contributed by atoms with Crippen molar-refractivity contribution in [2.24, 2.45) is 5.41 Å². The molecular formula is C15H26N6O2. The zero-order valence-electron chi connectivity index (χ0n) is 14.3. The molecule has 2 heterocycles. The Morgan fingerprint density at radius 1 is 1.30 bits per heavy atom. The number of hydrogen-bond acceptors (Lipinski definition) is 7. The summed E-state index contributed by atoms with van der Waals surface area (Å²) in [5.74, 6) is 1.31. The van der Waals surface area contributed by atoms with E-state index in [2.05, 4.69) is 20.2 Å². The minimum atomic E-state index is -0.258. The number of anilines is 3. The van der Waals surface area contributed by atoms with Gasteiger partial charge >= 0.3 is 6.09 Å². The maximum Gasteiger partial charge on any atom is 0.409 e. The van der Waals surface area contributed by atoms with E-state index in [4.69, 9.17) is 10.5 Å². The van der Waals surface area contributed by atoms with Crippen LogP contribution in [0.4, 0.5) is 22.1 Å². The number of nitrogens with one attached hydrogen (secondary N) is 1. The molecule has 1 amide bonds. The van der Waals surface area contributed by atoms with Crippen LogP contribution in [0.15, 0.2) is 6.33 Å². The van der Waals surface area contributed by atoms with Crippen LogP contribution in [-0.2, 0) is 4.74 Å². The number of aromatic nitrogens is 2. The third-order valence-electron chi connectivity index (χ3n) is 3.57. The van der Waals surface area contributed by atoms with E-state index >= 15 is 0 Å². The van der Waals surface area contributed by atoms with Gasteiger partial charge in [0.2, 0.25) is 0 Å². The third-order valence-corrected chi connectivity index (χ3v) is 3.57. The fraction of sp³-hybridized carbons (Fsp3) is 0.667. The number of carbonyl (C=O) groups is 1. The van der Waals surface area contributed by atoms with Crippen molar-refractivity contribution in [2.45, 2.75) is 20.8 Å². The maximum atomic E-state index is 12.1. The predicted molar refractivity (Wildman–Crippen MR) is 90.6 cm³/mol. The molecule has 8 nitrogen and oxygen atoms in total. The standard InChI is InChI=1S/C15H26N6O2/c1-15(2,3)9-23-14(22)21-7-5-20(6-8-21)13-11(16)12(17-4)18-10-19-13/h10H,5-9,16H2,1-4H3,(H,17,18,19). The zero-order chi connectivity index (χ0) is 17.0. The molecule has 0 spiro atoms. The summed E-state index contributed by atoms with van der Waals surface area (Å²) < 4.78 is 5.36. The van der Waals surface area contributed by atoms with Gasteiger partial charge in [-0.1, -0.05) is 20.8 Å². The van der Waals surface area contributed by atoms with E-state index in [-0.39, 0.29) is 11.5 Å². The molecule has 128 valence electrons. The van der Waals surface area contributed by atoms with Crippen molar-refractivity contribution in [3.05, 3.63) is 6.33 Å². The molecule has 3 N–H and O–H groups in total. The molecule has 1 saturated heterocycles. The van der Waals surface area contributed by atoms with Gasteiger partial charge in [0.15, 0.2) is 11.6 Å². The zero-order valence-corrected chi connectivity index (χ0v) is 14.3. The molecule has 0 radical (unpaired) electrons. The second-order valence-electron chi connectivity index (χ2n) is 6.80. The second-order valence-corrected chi connectivity index (χ2v) is 6.80. The largest absolute Gasteiger partial charge is 0.449 e. The number of amides is 1. The normalized spacial score (nSPS) is 15.5. The fourth-order valence-corrected chi connectivity index (χ4v) is 2.31. The lowest BCUT2D eigenvalue weighted by atomic mass is 9.99. The van der Waals surface area contributed by atoms with Crippen LogP contribution >= 0.6 is 0 Å². The lowest BCUT2D eigenvalue weighted by molar-refractivity contribution is 0.0707. The first-order valence-corrected chi connectivity index (χ1v) is 7.76. The van der Waals surface area contributed by atoms with Crippen molar-refractivity contribution >= 4 is 23.4 Å². The topological polar surface area (TPSA) is 96.6 Å². The summed E-state index contributed by atoms with van der Waals surface area (Å²) in [5.41, 5.74) is 6.58. The average Bonchev–Trinajstić information content (AvgIpc) is 2.52. The fourth-order valence-electron chi connectivity index (χ4n) is 2.31. The molecule has 1 aliphatic rings. The van der Waals surface area contributed by atoms with E-state index in [1.807, 2.05) is 20.8 Å². The van der Waals surface area contributed by atoms with Gasteiger partial charge in [-0.15, -0.1) is 0 Å². The van der Waals surface area contributed by atoms with Crippen LogP contribution < -0.4 is 16.0 Å². The van der Waals surface area contributed by atoms with E-state index in [1.54, 1.807) is 11.9 Å². The number of carbonyl (C=O) groups excluding carboxylic acids is 1. The summed E-state index contributed by atoms with van der Waals surface area (Å²) in [4.78, 5) is 24.2. The summed E-state index contributed by atoms with van der Waals surface area (Å²) in [6.45, 7) is 9.02. The number of piperazine rings is 1. The first-order chi connectivity index (χ1) is 10.8. The second kappa shape index (κ2) is 6.89. The Morgan fingerprint density at radius 2 is 1.96 bits per heavy atom. The van der Waals surface area contributed by atoms with E-state index in [9.17, 15) is 4.79 Å². The Balaban J connectivity index is 1.92. The summed E-state index contributed by atoms with van der Waals surface area (Å²) in [6.07, 6.45) is 1.23. The Labute approximate surface area is 137 Å². The molecular weight excluding hydrogens is 296 g/mol. The molecule has 1 aliphatic heterocycles. The maximum absolute atomic E-state index is 12.1. The first-order valence-electron chi connectivity index (χ1n) is 7.76. The molecule has 0 aromatic carbocycles. The quantitative estimate of drug-likeness (QED) is 0.868. The van der Waals surface area contributed by atoms with E-state index in [0.29, 0.717) is 50.1 Å². The number of rotatable bonds is 3. The minimum Gasteiger partial charge on any atom is -0.449 e. The molecule has 1 aromatic rings. The number of hydrogen-bond donors (Lipinski definition) is 2. The highest BCUT2D eigenvalue weighted by molar-refractivity contribution is 5.75. The highest BCUT2D eigenvalue weighted by atomic mass is 16.6. The molecule has 0 saturated carbocycles. The number of nitrogens with two attached hydrogens (primary N) is 1. The smallest absolute Gasteiger partial charge is 0.409 e. The van der Waals surface area contributed by atoms with Crippen LogP contribution in [0.5, 0.6) is 0 Å². The highest BCUT2D eigenvalue weighted by Gasteiger charge is 2.25. The van der Waals surface area contributed by atoms with Gasteiger partial charge < -0.3 is 25.6 Å². The van der Waals surface area contributed by atoms with Crippen LogP contribution in [-0.4, -0.2) is 60.8 Å². The van der Waals surface area contributed by atoms with Gasteiger partial charge in [-0.05, 0) is 5.41 Å².